The molecule has 0 aliphatic heterocycles. The minimum absolute atomic E-state index is 0.0739. The van der Waals surface area contributed by atoms with E-state index in [4.69, 9.17) is 22.1 Å². The van der Waals surface area contributed by atoms with Crippen LogP contribution in [0.4, 0.5) is 14.7 Å². The molecule has 0 unspecified atom stereocenters. The minimum atomic E-state index is -2.83. The second kappa shape index (κ2) is 8.09. The van der Waals surface area contributed by atoms with Gasteiger partial charge in [-0.05, 0) is 11.6 Å². The van der Waals surface area contributed by atoms with E-state index < -0.39 is 6.55 Å². The number of hydrogen-bond donors (Lipinski definition) is 1. The molecule has 3 rings (SSSR count). The Balaban J connectivity index is 2.04. The second-order valence-electron chi connectivity index (χ2n) is 5.46. The summed E-state index contributed by atoms with van der Waals surface area (Å²) in [6, 6.07) is 8.38. The molecule has 3 aromatic rings. The van der Waals surface area contributed by atoms with Crippen molar-refractivity contribution in [1.82, 2.24) is 19.7 Å². The van der Waals surface area contributed by atoms with Crippen molar-refractivity contribution >= 4 is 23.8 Å². The molecule has 140 valence electrons. The summed E-state index contributed by atoms with van der Waals surface area (Å²) in [4.78, 5) is 18.4. The normalized spacial score (nSPS) is 11.0. The van der Waals surface area contributed by atoms with E-state index in [9.17, 15) is 13.6 Å². The summed E-state index contributed by atoms with van der Waals surface area (Å²) in [5.41, 5.74) is 7.20. The Morgan fingerprint density at radius 1 is 1.26 bits per heavy atom. The molecule has 1 aromatic carbocycles. The molecular weight excluding hydrogens is 380 g/mol. The molecule has 0 bridgehead atoms. The van der Waals surface area contributed by atoms with Crippen LogP contribution in [0.2, 0.25) is 5.15 Å². The number of carbonyl (C=O) groups excluding carboxylic acids is 1. The number of nitrogens with zero attached hydrogens (tertiary/aromatic N) is 4. The van der Waals surface area contributed by atoms with E-state index in [-0.39, 0.29) is 35.5 Å². The third kappa shape index (κ3) is 4.37. The molecule has 0 spiro atoms. The zero-order valence-corrected chi connectivity index (χ0v) is 14.6. The largest absolute Gasteiger partial charge is 0.486 e. The van der Waals surface area contributed by atoms with E-state index in [0.717, 1.165) is 0 Å². The highest BCUT2D eigenvalue weighted by molar-refractivity contribution is 6.29. The summed E-state index contributed by atoms with van der Waals surface area (Å²) >= 11 is 5.90. The van der Waals surface area contributed by atoms with Crippen LogP contribution in [0.15, 0.2) is 36.5 Å². The lowest BCUT2D eigenvalue weighted by molar-refractivity contribution is -0.109. The number of alkyl halides is 2. The van der Waals surface area contributed by atoms with Gasteiger partial charge in [-0.2, -0.15) is 13.9 Å². The first-order valence-corrected chi connectivity index (χ1v) is 8.16. The lowest BCUT2D eigenvalue weighted by atomic mass is 10.0. The van der Waals surface area contributed by atoms with E-state index >= 15 is 0 Å². The van der Waals surface area contributed by atoms with E-state index in [0.29, 0.717) is 27.8 Å². The van der Waals surface area contributed by atoms with Crippen molar-refractivity contribution in [3.05, 3.63) is 52.8 Å². The van der Waals surface area contributed by atoms with Crippen LogP contribution in [0.3, 0.4) is 0 Å². The van der Waals surface area contributed by atoms with Gasteiger partial charge < -0.3 is 10.5 Å². The quantitative estimate of drug-likeness (QED) is 0.489. The molecule has 0 fully saturated rings. The third-order valence-electron chi connectivity index (χ3n) is 3.62. The molecular formula is C17H14ClF2N5O2. The van der Waals surface area contributed by atoms with Gasteiger partial charge >= 0.3 is 6.55 Å². The summed E-state index contributed by atoms with van der Waals surface area (Å²) in [7, 11) is 0. The standard InChI is InChI=1S/C17H14ClF2N5O2/c18-14-8-12(22-17(21)23-14)15-11(9-25(24-15)16(19)20)7-10-3-1-2-4-13(10)27-6-5-26/h1-5,8-9,16H,6-7H2,(H2,21,22,23). The molecule has 0 saturated heterocycles. The minimum Gasteiger partial charge on any atom is -0.486 e. The molecule has 10 heteroatoms. The number of halogens is 3. The van der Waals surface area contributed by atoms with Crippen LogP contribution in [-0.2, 0) is 11.2 Å². The van der Waals surface area contributed by atoms with Gasteiger partial charge in [-0.25, -0.2) is 14.6 Å². The van der Waals surface area contributed by atoms with Crippen molar-refractivity contribution in [2.75, 3.05) is 12.3 Å². The van der Waals surface area contributed by atoms with Crippen molar-refractivity contribution in [3.63, 3.8) is 0 Å². The summed E-state index contributed by atoms with van der Waals surface area (Å²) in [5, 5.41) is 3.99. The maximum absolute atomic E-state index is 13.2. The van der Waals surface area contributed by atoms with Gasteiger partial charge in [-0.3, -0.25) is 4.79 Å². The summed E-state index contributed by atoms with van der Waals surface area (Å²) in [6.07, 6.45) is 2.07. The fraction of sp³-hybridized carbons (Fsp3) is 0.176. The Bertz CT molecular complexity index is 944. The SMILES string of the molecule is Nc1nc(Cl)cc(-c2nn(C(F)F)cc2Cc2ccccc2OCC=O)n1. The molecule has 0 radical (unpaired) electrons. The number of ether oxygens (including phenoxy) is 1. The molecule has 2 N–H and O–H groups in total. The number of para-hydroxylation sites is 1. The van der Waals surface area contributed by atoms with Crippen LogP contribution in [0.1, 0.15) is 17.7 Å². The van der Waals surface area contributed by atoms with Gasteiger partial charge in [0.2, 0.25) is 5.95 Å². The average molecular weight is 394 g/mol. The highest BCUT2D eigenvalue weighted by Crippen LogP contribution is 2.29. The molecule has 0 aliphatic carbocycles. The molecule has 0 aliphatic rings. The van der Waals surface area contributed by atoms with E-state index in [1.165, 1.54) is 12.3 Å². The van der Waals surface area contributed by atoms with Crippen LogP contribution in [-0.4, -0.2) is 32.6 Å². The van der Waals surface area contributed by atoms with Crippen molar-refractivity contribution in [3.8, 4) is 17.1 Å². The Kier molecular flexibility index (Phi) is 5.60. The van der Waals surface area contributed by atoms with Crippen LogP contribution in [0.5, 0.6) is 5.75 Å². The molecule has 0 amide bonds. The van der Waals surface area contributed by atoms with Gasteiger partial charge in [0, 0.05) is 24.2 Å². The molecule has 7 nitrogen and oxygen atoms in total. The van der Waals surface area contributed by atoms with Crippen LogP contribution < -0.4 is 10.5 Å². The number of nitrogens with two attached hydrogens (primary N) is 1. The Morgan fingerprint density at radius 2 is 2.04 bits per heavy atom. The third-order valence-corrected chi connectivity index (χ3v) is 3.82. The zero-order valence-electron chi connectivity index (χ0n) is 13.8. The topological polar surface area (TPSA) is 95.9 Å². The van der Waals surface area contributed by atoms with Gasteiger partial charge in [0.25, 0.3) is 0 Å². The van der Waals surface area contributed by atoms with Crippen molar-refractivity contribution in [2.45, 2.75) is 13.0 Å². The average Bonchev–Trinajstić information content (AvgIpc) is 3.04. The smallest absolute Gasteiger partial charge is 0.333 e. The number of benzene rings is 1. The monoisotopic (exact) mass is 393 g/mol. The Morgan fingerprint density at radius 3 is 2.74 bits per heavy atom. The molecule has 2 heterocycles. The van der Waals surface area contributed by atoms with Gasteiger partial charge in [-0.1, -0.05) is 29.8 Å². The number of aldehydes is 1. The number of rotatable bonds is 7. The van der Waals surface area contributed by atoms with Crippen molar-refractivity contribution in [1.29, 1.82) is 0 Å². The van der Waals surface area contributed by atoms with Crippen LogP contribution in [0.25, 0.3) is 11.4 Å². The first-order valence-electron chi connectivity index (χ1n) is 7.79. The van der Waals surface area contributed by atoms with Crippen molar-refractivity contribution in [2.24, 2.45) is 0 Å². The maximum Gasteiger partial charge on any atom is 0.333 e. The molecule has 0 atom stereocenters. The first kappa shape index (κ1) is 18.7. The first-order chi connectivity index (χ1) is 13.0. The fourth-order valence-corrected chi connectivity index (χ4v) is 2.74. The highest BCUT2D eigenvalue weighted by atomic mass is 35.5. The zero-order chi connectivity index (χ0) is 19.4. The Labute approximate surface area is 157 Å². The number of carbonyl (C=O) groups is 1. The number of aromatic nitrogens is 4. The highest BCUT2D eigenvalue weighted by Gasteiger charge is 2.19. The fourth-order valence-electron chi connectivity index (χ4n) is 2.55. The van der Waals surface area contributed by atoms with Gasteiger partial charge in [0.15, 0.2) is 6.29 Å². The lowest BCUT2D eigenvalue weighted by Gasteiger charge is -2.09. The van der Waals surface area contributed by atoms with E-state index in [1.807, 2.05) is 0 Å². The van der Waals surface area contributed by atoms with Crippen LogP contribution in [0, 0.1) is 0 Å². The summed E-state index contributed by atoms with van der Waals surface area (Å²) in [6.45, 7) is -2.94. The van der Waals surface area contributed by atoms with Gasteiger partial charge in [0.05, 0.1) is 5.69 Å². The molecule has 2 aromatic heterocycles. The number of nitrogen functional groups attached to an aromatic ring is 1. The van der Waals surface area contributed by atoms with E-state index in [2.05, 4.69) is 15.1 Å². The lowest BCUT2D eigenvalue weighted by Crippen LogP contribution is -2.02. The van der Waals surface area contributed by atoms with E-state index in [1.54, 1.807) is 24.3 Å². The Hall–Kier alpha value is -3.07. The van der Waals surface area contributed by atoms with Crippen molar-refractivity contribution < 1.29 is 18.3 Å². The second-order valence-corrected chi connectivity index (χ2v) is 5.84. The molecule has 0 saturated carbocycles. The molecule has 27 heavy (non-hydrogen) atoms. The number of anilines is 1. The predicted octanol–water partition coefficient (Wildman–Crippen LogP) is 3.14. The summed E-state index contributed by atoms with van der Waals surface area (Å²) in [5.74, 6) is 0.380. The van der Waals surface area contributed by atoms with Gasteiger partial charge in [-0.15, -0.1) is 0 Å². The maximum atomic E-state index is 13.2. The number of hydrogen-bond acceptors (Lipinski definition) is 6. The van der Waals surface area contributed by atoms with Gasteiger partial charge in [0.1, 0.15) is 23.2 Å². The van der Waals surface area contributed by atoms with Crippen LogP contribution >= 0.6 is 11.6 Å². The summed E-state index contributed by atoms with van der Waals surface area (Å²) < 4.78 is 32.3. The predicted molar refractivity (Wildman–Crippen MR) is 94.7 cm³/mol.